The van der Waals surface area contributed by atoms with Crippen LogP contribution in [0.5, 0.6) is 5.88 Å². The molecule has 0 unspecified atom stereocenters. The number of ether oxygens (including phenoxy) is 1. The predicted octanol–water partition coefficient (Wildman–Crippen LogP) is 10.1. The number of rotatable bonds is 8. The van der Waals surface area contributed by atoms with E-state index in [1.165, 1.54) is 47.6 Å². The molecule has 0 aliphatic heterocycles. The van der Waals surface area contributed by atoms with Crippen LogP contribution in [-0.2, 0) is 0 Å². The first kappa shape index (κ1) is 34.3. The van der Waals surface area contributed by atoms with E-state index in [0.29, 0.717) is 29.8 Å². The van der Waals surface area contributed by atoms with Gasteiger partial charge in [0.1, 0.15) is 18.2 Å². The van der Waals surface area contributed by atoms with Gasteiger partial charge in [-0.05, 0) is 65.5 Å². The molecule has 3 aromatic heterocycles. The Bertz CT molecular complexity index is 1190. The van der Waals surface area contributed by atoms with E-state index in [1.54, 1.807) is 6.33 Å². The lowest BCUT2D eigenvalue weighted by molar-refractivity contribution is 0.289. The number of halogens is 1. The molecule has 1 saturated carbocycles. The third-order valence-electron chi connectivity index (χ3n) is 6.95. The zero-order chi connectivity index (χ0) is 30.9. The third-order valence-corrected chi connectivity index (χ3v) is 6.95. The molecule has 0 radical (unpaired) electrons. The molecule has 0 N–H and O–H groups in total. The molecule has 1 aliphatic carbocycles. The Balaban J connectivity index is 0.000000218. The molecular weight excluding hydrogens is 511 g/mol. The summed E-state index contributed by atoms with van der Waals surface area (Å²) in [5.41, 5.74) is 6.63. The zero-order valence-electron chi connectivity index (χ0n) is 27.5. The highest BCUT2D eigenvalue weighted by Gasteiger charge is 2.24. The number of nitrogens with zero attached hydrogens (tertiary/aromatic N) is 4. The quantitative estimate of drug-likeness (QED) is 0.272. The van der Waals surface area contributed by atoms with Crippen LogP contribution in [0.1, 0.15) is 165 Å². The lowest BCUT2D eigenvalue weighted by Crippen LogP contribution is -2.05. The maximum Gasteiger partial charge on any atom is 0.213 e. The summed E-state index contributed by atoms with van der Waals surface area (Å²) in [4.78, 5) is 17.2. The molecule has 4 rings (SSSR count). The summed E-state index contributed by atoms with van der Waals surface area (Å²) >= 11 is 0. The Morgan fingerprint density at radius 2 is 1.24 bits per heavy atom. The molecule has 226 valence electrons. The summed E-state index contributed by atoms with van der Waals surface area (Å²) in [5, 5.41) is 0. The van der Waals surface area contributed by atoms with E-state index in [-0.39, 0.29) is 17.7 Å². The van der Waals surface area contributed by atoms with Crippen molar-refractivity contribution < 1.29 is 9.13 Å². The summed E-state index contributed by atoms with van der Waals surface area (Å²) < 4.78 is 19.2. The van der Waals surface area contributed by atoms with E-state index in [4.69, 9.17) is 4.74 Å². The molecule has 0 spiro atoms. The lowest BCUT2D eigenvalue weighted by Gasteiger charge is -2.16. The van der Waals surface area contributed by atoms with Gasteiger partial charge >= 0.3 is 0 Å². The monoisotopic (exact) mass is 564 g/mol. The fourth-order valence-corrected chi connectivity index (χ4v) is 4.61. The number of pyridine rings is 2. The Morgan fingerprint density at radius 1 is 0.659 bits per heavy atom. The molecule has 0 saturated heterocycles. The highest BCUT2D eigenvalue weighted by molar-refractivity contribution is 5.31. The minimum atomic E-state index is -0.131. The van der Waals surface area contributed by atoms with Gasteiger partial charge in [-0.25, -0.2) is 19.3 Å². The molecule has 5 nitrogen and oxygen atoms in total. The number of hydrogen-bond donors (Lipinski definition) is 0. The fourth-order valence-electron chi connectivity index (χ4n) is 4.61. The van der Waals surface area contributed by atoms with Crippen molar-refractivity contribution >= 4 is 0 Å². The first-order valence-electron chi connectivity index (χ1n) is 15.4. The molecule has 0 bridgehead atoms. The van der Waals surface area contributed by atoms with Crippen LogP contribution in [0.25, 0.3) is 0 Å². The summed E-state index contributed by atoms with van der Waals surface area (Å²) in [5.74, 6) is 3.15. The van der Waals surface area contributed by atoms with Crippen molar-refractivity contribution in [3.8, 4) is 5.88 Å². The van der Waals surface area contributed by atoms with E-state index in [9.17, 15) is 4.39 Å². The van der Waals surface area contributed by atoms with Crippen LogP contribution in [0.2, 0.25) is 0 Å². The molecule has 1 fully saturated rings. The third kappa shape index (κ3) is 10.5. The van der Waals surface area contributed by atoms with Gasteiger partial charge in [0.2, 0.25) is 5.88 Å². The first-order valence-corrected chi connectivity index (χ1v) is 15.4. The summed E-state index contributed by atoms with van der Waals surface area (Å²) in [6.07, 6.45) is 7.89. The Morgan fingerprint density at radius 3 is 1.68 bits per heavy atom. The predicted molar refractivity (Wildman–Crippen MR) is 169 cm³/mol. The number of aromatic nitrogens is 4. The van der Waals surface area contributed by atoms with Crippen LogP contribution in [-0.4, -0.2) is 26.0 Å². The maximum absolute atomic E-state index is 13.4. The Labute approximate surface area is 248 Å². The molecule has 3 heterocycles. The molecule has 6 heteroatoms. The lowest BCUT2D eigenvalue weighted by atomic mass is 9.95. The molecule has 0 aromatic carbocycles. The second-order valence-electron chi connectivity index (χ2n) is 12.8. The Hall–Kier alpha value is -2.89. The summed E-state index contributed by atoms with van der Waals surface area (Å²) in [7, 11) is 0. The van der Waals surface area contributed by atoms with Gasteiger partial charge in [0, 0.05) is 35.4 Å². The van der Waals surface area contributed by atoms with E-state index < -0.39 is 0 Å². The van der Waals surface area contributed by atoms with Gasteiger partial charge in [-0.15, -0.1) is 0 Å². The molecule has 41 heavy (non-hydrogen) atoms. The highest BCUT2D eigenvalue weighted by Crippen LogP contribution is 2.30. The van der Waals surface area contributed by atoms with E-state index >= 15 is 0 Å². The zero-order valence-corrected chi connectivity index (χ0v) is 27.5. The van der Waals surface area contributed by atoms with E-state index in [0.717, 1.165) is 17.1 Å². The van der Waals surface area contributed by atoms with Gasteiger partial charge < -0.3 is 4.74 Å². The van der Waals surface area contributed by atoms with Crippen LogP contribution >= 0.6 is 0 Å². The number of hydrogen-bond acceptors (Lipinski definition) is 5. The van der Waals surface area contributed by atoms with Crippen molar-refractivity contribution in [1.82, 2.24) is 19.9 Å². The van der Waals surface area contributed by atoms with Crippen LogP contribution in [0.4, 0.5) is 4.39 Å². The normalized spacial score (nSPS) is 13.0. The van der Waals surface area contributed by atoms with Crippen molar-refractivity contribution in [3.63, 3.8) is 0 Å². The first-order chi connectivity index (χ1) is 19.2. The largest absolute Gasteiger partial charge is 0.474 e. The van der Waals surface area contributed by atoms with Crippen LogP contribution in [0.3, 0.4) is 0 Å². The van der Waals surface area contributed by atoms with Gasteiger partial charge in [-0.1, -0.05) is 89.2 Å². The molecular formula is C35H53FN4O. The highest BCUT2D eigenvalue weighted by atomic mass is 19.1. The second-order valence-corrected chi connectivity index (χ2v) is 12.8. The van der Waals surface area contributed by atoms with E-state index in [2.05, 4.69) is 81.4 Å². The van der Waals surface area contributed by atoms with Gasteiger partial charge in [-0.2, -0.15) is 0 Å². The van der Waals surface area contributed by atoms with Crippen LogP contribution in [0, 0.1) is 5.82 Å². The van der Waals surface area contributed by atoms with Crippen molar-refractivity contribution in [2.45, 2.75) is 138 Å². The molecule has 0 amide bonds. The minimum absolute atomic E-state index is 0.131. The summed E-state index contributed by atoms with van der Waals surface area (Å²) in [6, 6.07) is 5.62. The van der Waals surface area contributed by atoms with Crippen molar-refractivity contribution in [1.29, 1.82) is 0 Å². The average Bonchev–Trinajstić information content (AvgIpc) is 3.72. The standard InChI is InChI=1S/C14H21NO.C11H16FN.C10H16N2/c1-9(2)12-7-8-13(16-11-5-6-11)15-14(12)10(3)4;1-7(2)10-9(12)5-6-13-11(10)8(3)4;1-7(2)9-5-11-6-12-10(9)8(3)4/h7-11H,5-6H2,1-4H3;5-8H,1-4H3;5-8H,1-4H3. The molecule has 1 aliphatic rings. The molecule has 0 atom stereocenters. The van der Waals surface area contributed by atoms with Crippen LogP contribution in [0.15, 0.2) is 36.9 Å². The molecule has 3 aromatic rings. The van der Waals surface area contributed by atoms with Gasteiger partial charge in [0.15, 0.2) is 0 Å². The van der Waals surface area contributed by atoms with Crippen molar-refractivity contribution in [2.75, 3.05) is 0 Å². The van der Waals surface area contributed by atoms with Gasteiger partial charge in [-0.3, -0.25) is 4.98 Å². The van der Waals surface area contributed by atoms with Crippen molar-refractivity contribution in [2.24, 2.45) is 0 Å². The van der Waals surface area contributed by atoms with Crippen molar-refractivity contribution in [3.05, 3.63) is 76.5 Å². The minimum Gasteiger partial charge on any atom is -0.474 e. The van der Waals surface area contributed by atoms with Gasteiger partial charge in [0.25, 0.3) is 0 Å². The smallest absolute Gasteiger partial charge is 0.213 e. The Kier molecular flexibility index (Phi) is 13.3. The van der Waals surface area contributed by atoms with E-state index in [1.807, 2.05) is 40.0 Å². The fraction of sp³-hybridized carbons (Fsp3) is 0.600. The van der Waals surface area contributed by atoms with Crippen LogP contribution < -0.4 is 4.74 Å². The SMILES string of the molecule is CC(C)c1ccc(OC2CC2)nc1C(C)C.CC(C)c1cncnc1C(C)C.CC(C)c1nccc(F)c1C(C)C. The topological polar surface area (TPSA) is 60.8 Å². The second kappa shape index (κ2) is 15.9. The summed E-state index contributed by atoms with van der Waals surface area (Å²) in [6.45, 7) is 25.5. The maximum atomic E-state index is 13.4. The average molecular weight is 565 g/mol. The van der Waals surface area contributed by atoms with Gasteiger partial charge in [0.05, 0.1) is 5.69 Å².